The van der Waals surface area contributed by atoms with Gasteiger partial charge in [-0.05, 0) is 12.8 Å². The van der Waals surface area contributed by atoms with Crippen LogP contribution in [0.15, 0.2) is 0 Å². The van der Waals surface area contributed by atoms with E-state index in [1.807, 2.05) is 6.92 Å². The Kier molecular flexibility index (Phi) is 15.8. The summed E-state index contributed by atoms with van der Waals surface area (Å²) in [4.78, 5) is 11.7. The second kappa shape index (κ2) is 16.1. The summed E-state index contributed by atoms with van der Waals surface area (Å²) in [7, 11) is -3.99. The van der Waals surface area contributed by atoms with E-state index in [1.54, 1.807) is 0 Å². The van der Waals surface area contributed by atoms with Gasteiger partial charge in [0.2, 0.25) is 0 Å². The lowest BCUT2D eigenvalue weighted by molar-refractivity contribution is -0.112. The topological polar surface area (TPSA) is 60.4 Å². The van der Waals surface area contributed by atoms with Crippen molar-refractivity contribution in [2.24, 2.45) is 0 Å². The zero-order valence-corrected chi connectivity index (χ0v) is 16.7. The van der Waals surface area contributed by atoms with Gasteiger partial charge in [0.05, 0.1) is 6.61 Å². The molecule has 5 heteroatoms. The number of carbonyl (C=O) groups excluding carboxylic acids is 1. The van der Waals surface area contributed by atoms with E-state index in [0.29, 0.717) is 12.8 Å². The standard InChI is InChI=1S/C19H38O4S/c1-3-5-7-8-9-10-11-12-13-14-15-17-19(20)24(21,22)23-18-16-6-4-2/h3-18H2,1-2H3. The fourth-order valence-electron chi connectivity index (χ4n) is 2.64. The van der Waals surface area contributed by atoms with E-state index in [1.165, 1.54) is 51.4 Å². The van der Waals surface area contributed by atoms with Crippen molar-refractivity contribution < 1.29 is 17.4 Å². The molecule has 0 atom stereocenters. The third-order valence-electron chi connectivity index (χ3n) is 4.25. The molecule has 0 rings (SSSR count). The third-order valence-corrected chi connectivity index (χ3v) is 5.49. The van der Waals surface area contributed by atoms with Gasteiger partial charge in [0, 0.05) is 6.42 Å². The van der Waals surface area contributed by atoms with Crippen LogP contribution in [-0.2, 0) is 19.1 Å². The highest BCUT2D eigenvalue weighted by molar-refractivity contribution is 8.02. The summed E-state index contributed by atoms with van der Waals surface area (Å²) in [6, 6.07) is 0. The Labute approximate surface area is 149 Å². The van der Waals surface area contributed by atoms with Crippen molar-refractivity contribution in [3.05, 3.63) is 0 Å². The molecule has 0 unspecified atom stereocenters. The van der Waals surface area contributed by atoms with Crippen molar-refractivity contribution in [1.82, 2.24) is 0 Å². The van der Waals surface area contributed by atoms with Crippen LogP contribution >= 0.6 is 0 Å². The summed E-state index contributed by atoms with van der Waals surface area (Å²) in [6.45, 7) is 4.39. The lowest BCUT2D eigenvalue weighted by atomic mass is 10.1. The molecule has 0 heterocycles. The molecule has 0 aliphatic rings. The van der Waals surface area contributed by atoms with Crippen LogP contribution in [0.5, 0.6) is 0 Å². The van der Waals surface area contributed by atoms with Crippen LogP contribution in [-0.4, -0.2) is 20.1 Å². The number of hydrogen-bond donors (Lipinski definition) is 0. The molecule has 4 nitrogen and oxygen atoms in total. The van der Waals surface area contributed by atoms with Gasteiger partial charge < -0.3 is 0 Å². The van der Waals surface area contributed by atoms with E-state index in [2.05, 4.69) is 6.92 Å². The molecule has 0 aromatic rings. The summed E-state index contributed by atoms with van der Waals surface area (Å²) < 4.78 is 28.0. The summed E-state index contributed by atoms with van der Waals surface area (Å²) in [5, 5.41) is -0.755. The van der Waals surface area contributed by atoms with Crippen LogP contribution in [0.25, 0.3) is 0 Å². The van der Waals surface area contributed by atoms with Gasteiger partial charge in [-0.3, -0.25) is 8.98 Å². The Bertz CT molecular complexity index is 390. The second-order valence-electron chi connectivity index (χ2n) is 6.64. The van der Waals surface area contributed by atoms with Crippen LogP contribution in [0.2, 0.25) is 0 Å². The maximum atomic E-state index is 11.7. The third kappa shape index (κ3) is 14.0. The fraction of sp³-hybridized carbons (Fsp3) is 0.947. The monoisotopic (exact) mass is 362 g/mol. The van der Waals surface area contributed by atoms with Crippen LogP contribution in [0, 0.1) is 0 Å². The summed E-state index contributed by atoms with van der Waals surface area (Å²) in [5.74, 6) is 0. The van der Waals surface area contributed by atoms with E-state index in [9.17, 15) is 13.2 Å². The molecule has 0 spiro atoms. The van der Waals surface area contributed by atoms with Gasteiger partial charge in [-0.15, -0.1) is 0 Å². The molecule has 0 saturated carbocycles. The zero-order valence-electron chi connectivity index (χ0n) is 15.9. The van der Waals surface area contributed by atoms with Gasteiger partial charge in [-0.1, -0.05) is 90.9 Å². The molecule has 0 saturated heterocycles. The van der Waals surface area contributed by atoms with E-state index in [-0.39, 0.29) is 13.0 Å². The molecule has 0 fully saturated rings. The first kappa shape index (κ1) is 23.6. The highest BCUT2D eigenvalue weighted by atomic mass is 32.2. The Hall–Kier alpha value is -0.420. The van der Waals surface area contributed by atoms with Crippen molar-refractivity contribution in [3.8, 4) is 0 Å². The van der Waals surface area contributed by atoms with Crippen LogP contribution < -0.4 is 0 Å². The first-order valence-electron chi connectivity index (χ1n) is 9.96. The fourth-order valence-corrected chi connectivity index (χ4v) is 3.51. The van der Waals surface area contributed by atoms with E-state index in [4.69, 9.17) is 4.18 Å². The van der Waals surface area contributed by atoms with Gasteiger partial charge in [-0.2, -0.15) is 8.42 Å². The first-order valence-corrected chi connectivity index (χ1v) is 11.4. The highest BCUT2D eigenvalue weighted by Gasteiger charge is 2.21. The predicted molar refractivity (Wildman–Crippen MR) is 100 cm³/mol. The predicted octanol–water partition coefficient (Wildman–Crippen LogP) is 5.75. The Morgan fingerprint density at radius 3 is 1.58 bits per heavy atom. The number of unbranched alkanes of at least 4 members (excludes halogenated alkanes) is 12. The lowest BCUT2D eigenvalue weighted by Gasteiger charge is -2.05. The van der Waals surface area contributed by atoms with Crippen molar-refractivity contribution in [2.45, 2.75) is 110 Å². The average Bonchev–Trinajstić information content (AvgIpc) is 2.56. The minimum absolute atomic E-state index is 0.0904. The molecule has 0 radical (unpaired) electrons. The maximum absolute atomic E-state index is 11.7. The largest absolute Gasteiger partial charge is 0.331 e. The molecule has 144 valence electrons. The number of rotatable bonds is 17. The smallest absolute Gasteiger partial charge is 0.279 e. The average molecular weight is 363 g/mol. The van der Waals surface area contributed by atoms with Crippen molar-refractivity contribution in [3.63, 3.8) is 0 Å². The highest BCUT2D eigenvalue weighted by Crippen LogP contribution is 2.13. The maximum Gasteiger partial charge on any atom is 0.331 e. The van der Waals surface area contributed by atoms with Gasteiger partial charge in [0.25, 0.3) is 5.12 Å². The minimum Gasteiger partial charge on any atom is -0.279 e. The first-order chi connectivity index (χ1) is 11.5. The molecule has 0 aromatic carbocycles. The second-order valence-corrected chi connectivity index (χ2v) is 8.24. The quantitative estimate of drug-likeness (QED) is 0.244. The molecular weight excluding hydrogens is 324 g/mol. The Morgan fingerprint density at radius 1 is 0.667 bits per heavy atom. The zero-order chi connectivity index (χ0) is 18.1. The molecule has 0 aliphatic carbocycles. The summed E-state index contributed by atoms with van der Waals surface area (Å²) in [6.07, 6.45) is 15.7. The van der Waals surface area contributed by atoms with Gasteiger partial charge >= 0.3 is 10.1 Å². The van der Waals surface area contributed by atoms with Crippen LogP contribution in [0.1, 0.15) is 110 Å². The van der Waals surface area contributed by atoms with E-state index in [0.717, 1.165) is 25.7 Å². The normalized spacial score (nSPS) is 11.8. The molecule has 0 amide bonds. The SMILES string of the molecule is CCCCCCCCCCCCCC(=O)S(=O)(=O)OCCCCC. The van der Waals surface area contributed by atoms with Crippen molar-refractivity contribution >= 4 is 15.2 Å². The molecule has 0 N–H and O–H groups in total. The summed E-state index contributed by atoms with van der Waals surface area (Å²) in [5.41, 5.74) is 0. The van der Waals surface area contributed by atoms with Crippen molar-refractivity contribution in [1.29, 1.82) is 0 Å². The van der Waals surface area contributed by atoms with E-state index < -0.39 is 15.2 Å². The van der Waals surface area contributed by atoms with Gasteiger partial charge in [-0.25, -0.2) is 0 Å². The summed E-state index contributed by atoms with van der Waals surface area (Å²) >= 11 is 0. The van der Waals surface area contributed by atoms with Crippen LogP contribution in [0.3, 0.4) is 0 Å². The Balaban J connectivity index is 3.51. The molecule has 24 heavy (non-hydrogen) atoms. The Morgan fingerprint density at radius 2 is 1.08 bits per heavy atom. The number of hydrogen-bond acceptors (Lipinski definition) is 4. The van der Waals surface area contributed by atoms with Crippen molar-refractivity contribution in [2.75, 3.05) is 6.61 Å². The molecule has 0 bridgehead atoms. The lowest BCUT2D eigenvalue weighted by Crippen LogP contribution is -2.18. The van der Waals surface area contributed by atoms with Gasteiger partial charge in [0.15, 0.2) is 0 Å². The molecule has 0 aromatic heterocycles. The van der Waals surface area contributed by atoms with Gasteiger partial charge in [0.1, 0.15) is 0 Å². The van der Waals surface area contributed by atoms with Crippen LogP contribution in [0.4, 0.5) is 0 Å². The molecular formula is C19H38O4S. The molecule has 0 aliphatic heterocycles. The van der Waals surface area contributed by atoms with E-state index >= 15 is 0 Å². The minimum atomic E-state index is -3.99. The number of carbonyl (C=O) groups is 1.